The molecule has 0 amide bonds. The zero-order valence-corrected chi connectivity index (χ0v) is 8.50. The summed E-state index contributed by atoms with van der Waals surface area (Å²) in [5.41, 5.74) is 1.40. The molecule has 0 aliphatic heterocycles. The van der Waals surface area contributed by atoms with E-state index in [0.29, 0.717) is 10.7 Å². The Morgan fingerprint density at radius 2 is 1.79 bits per heavy atom. The van der Waals surface area contributed by atoms with Gasteiger partial charge in [0, 0.05) is 12.4 Å². The van der Waals surface area contributed by atoms with Gasteiger partial charge in [0.15, 0.2) is 0 Å². The average molecular weight is 226 g/mol. The molecule has 2 rings (SSSR count). The Bertz CT molecular complexity index is 442. The summed E-state index contributed by atoms with van der Waals surface area (Å²) in [6.45, 7) is 0. The molecule has 0 aliphatic carbocycles. The van der Waals surface area contributed by atoms with Crippen LogP contribution in [0.4, 0.5) is 0 Å². The Hall–Kier alpha value is -1.19. The molecule has 0 fully saturated rings. The monoisotopic (exact) mass is 225 g/mol. The maximum atomic E-state index is 5.71. The Kier molecular flexibility index (Phi) is 2.61. The summed E-state index contributed by atoms with van der Waals surface area (Å²) in [6, 6.07) is 5.27. The number of pyridine rings is 1. The van der Waals surface area contributed by atoms with Crippen LogP contribution in [-0.4, -0.2) is 15.0 Å². The number of hydrogen-bond acceptors (Lipinski definition) is 3. The molecule has 0 bridgehead atoms. The fourth-order valence-corrected chi connectivity index (χ4v) is 1.26. The highest BCUT2D eigenvalue weighted by Gasteiger charge is 2.01. The molecule has 2 aromatic rings. The van der Waals surface area contributed by atoms with Crippen LogP contribution in [0.25, 0.3) is 11.4 Å². The molecule has 0 unspecified atom stereocenters. The van der Waals surface area contributed by atoms with Gasteiger partial charge in [-0.1, -0.05) is 11.6 Å². The van der Waals surface area contributed by atoms with E-state index in [2.05, 4.69) is 15.0 Å². The van der Waals surface area contributed by atoms with E-state index in [1.807, 2.05) is 0 Å². The lowest BCUT2D eigenvalue weighted by Gasteiger charge is -1.98. The Balaban J connectivity index is 2.44. The molecule has 0 aliphatic rings. The minimum Gasteiger partial charge on any atom is -0.253 e. The first-order chi connectivity index (χ1) is 6.75. The highest BCUT2D eigenvalue weighted by atomic mass is 35.5. The standard InChI is InChI=1S/C9H5Cl2N3/c10-6-1-2-7(13-5-6)8-3-4-12-9(11)14-8/h1-5H. The van der Waals surface area contributed by atoms with Gasteiger partial charge in [-0.25, -0.2) is 9.97 Å². The van der Waals surface area contributed by atoms with Crippen molar-refractivity contribution in [1.29, 1.82) is 0 Å². The summed E-state index contributed by atoms with van der Waals surface area (Å²) < 4.78 is 0. The zero-order chi connectivity index (χ0) is 9.97. The normalized spacial score (nSPS) is 10.1. The van der Waals surface area contributed by atoms with Crippen LogP contribution >= 0.6 is 23.2 Å². The molecule has 3 nitrogen and oxygen atoms in total. The summed E-state index contributed by atoms with van der Waals surface area (Å²) in [6.07, 6.45) is 3.15. The first-order valence-electron chi connectivity index (χ1n) is 3.86. The lowest BCUT2D eigenvalue weighted by atomic mass is 10.3. The van der Waals surface area contributed by atoms with Crippen LogP contribution in [0.2, 0.25) is 10.3 Å². The molecular weight excluding hydrogens is 221 g/mol. The van der Waals surface area contributed by atoms with Crippen molar-refractivity contribution in [3.05, 3.63) is 40.9 Å². The van der Waals surface area contributed by atoms with Gasteiger partial charge in [0.2, 0.25) is 5.28 Å². The van der Waals surface area contributed by atoms with Gasteiger partial charge in [-0.05, 0) is 29.8 Å². The first kappa shape index (κ1) is 9.37. The lowest BCUT2D eigenvalue weighted by Crippen LogP contribution is -1.88. The van der Waals surface area contributed by atoms with Crippen LogP contribution < -0.4 is 0 Å². The Morgan fingerprint density at radius 3 is 2.43 bits per heavy atom. The Labute approximate surface area is 90.8 Å². The molecule has 14 heavy (non-hydrogen) atoms. The minimum absolute atomic E-state index is 0.208. The number of rotatable bonds is 1. The summed E-state index contributed by atoms with van der Waals surface area (Å²) in [5, 5.41) is 0.799. The van der Waals surface area contributed by atoms with Gasteiger partial charge >= 0.3 is 0 Å². The maximum absolute atomic E-state index is 5.71. The van der Waals surface area contributed by atoms with Gasteiger partial charge in [-0.3, -0.25) is 4.98 Å². The van der Waals surface area contributed by atoms with E-state index in [0.717, 1.165) is 5.69 Å². The topological polar surface area (TPSA) is 38.7 Å². The number of hydrogen-bond donors (Lipinski definition) is 0. The largest absolute Gasteiger partial charge is 0.253 e. The van der Waals surface area contributed by atoms with E-state index in [-0.39, 0.29) is 5.28 Å². The quantitative estimate of drug-likeness (QED) is 0.701. The summed E-state index contributed by atoms with van der Waals surface area (Å²) in [7, 11) is 0. The van der Waals surface area contributed by atoms with Crippen LogP contribution in [0.5, 0.6) is 0 Å². The molecule has 0 saturated carbocycles. The first-order valence-corrected chi connectivity index (χ1v) is 4.62. The molecule has 0 aromatic carbocycles. The molecule has 5 heteroatoms. The fourth-order valence-electron chi connectivity index (χ4n) is 1.00. The third-order valence-electron chi connectivity index (χ3n) is 1.62. The van der Waals surface area contributed by atoms with Gasteiger partial charge in [0.1, 0.15) is 0 Å². The van der Waals surface area contributed by atoms with Crippen molar-refractivity contribution in [2.45, 2.75) is 0 Å². The van der Waals surface area contributed by atoms with Crippen molar-refractivity contribution < 1.29 is 0 Å². The van der Waals surface area contributed by atoms with Crippen LogP contribution in [0.1, 0.15) is 0 Å². The number of aromatic nitrogens is 3. The van der Waals surface area contributed by atoms with Crippen molar-refractivity contribution in [1.82, 2.24) is 15.0 Å². The fraction of sp³-hybridized carbons (Fsp3) is 0. The molecule has 0 saturated heterocycles. The second-order valence-electron chi connectivity index (χ2n) is 2.57. The Morgan fingerprint density at radius 1 is 0.929 bits per heavy atom. The minimum atomic E-state index is 0.208. The third kappa shape index (κ3) is 2.00. The molecule has 2 aromatic heterocycles. The van der Waals surface area contributed by atoms with Crippen molar-refractivity contribution in [3.8, 4) is 11.4 Å². The molecule has 0 N–H and O–H groups in total. The van der Waals surface area contributed by atoms with Crippen molar-refractivity contribution in [2.75, 3.05) is 0 Å². The molecule has 0 radical (unpaired) electrons. The van der Waals surface area contributed by atoms with Crippen LogP contribution in [-0.2, 0) is 0 Å². The zero-order valence-electron chi connectivity index (χ0n) is 6.98. The smallest absolute Gasteiger partial charge is 0.222 e. The van der Waals surface area contributed by atoms with Gasteiger partial charge in [-0.2, -0.15) is 0 Å². The van der Waals surface area contributed by atoms with E-state index >= 15 is 0 Å². The number of nitrogens with zero attached hydrogens (tertiary/aromatic N) is 3. The van der Waals surface area contributed by atoms with Crippen LogP contribution in [0, 0.1) is 0 Å². The van der Waals surface area contributed by atoms with E-state index < -0.39 is 0 Å². The highest BCUT2D eigenvalue weighted by Crippen LogP contribution is 2.16. The van der Waals surface area contributed by atoms with Crippen molar-refractivity contribution in [2.24, 2.45) is 0 Å². The second-order valence-corrected chi connectivity index (χ2v) is 3.35. The number of halogens is 2. The SMILES string of the molecule is Clc1ccc(-c2ccnc(Cl)n2)nc1. The lowest BCUT2D eigenvalue weighted by molar-refractivity contribution is 1.15. The molecule has 70 valence electrons. The van der Waals surface area contributed by atoms with Gasteiger partial charge in [-0.15, -0.1) is 0 Å². The predicted octanol–water partition coefficient (Wildman–Crippen LogP) is 2.85. The molecule has 0 atom stereocenters. The van der Waals surface area contributed by atoms with E-state index in [1.165, 1.54) is 0 Å². The molecule has 2 heterocycles. The van der Waals surface area contributed by atoms with Gasteiger partial charge in [0.05, 0.1) is 16.4 Å². The summed E-state index contributed by atoms with van der Waals surface area (Å²) in [4.78, 5) is 11.9. The predicted molar refractivity (Wildman–Crippen MR) is 55.3 cm³/mol. The maximum Gasteiger partial charge on any atom is 0.222 e. The molecular formula is C9H5Cl2N3. The van der Waals surface area contributed by atoms with E-state index in [1.54, 1.807) is 30.6 Å². The highest BCUT2D eigenvalue weighted by molar-refractivity contribution is 6.30. The van der Waals surface area contributed by atoms with Crippen LogP contribution in [0.3, 0.4) is 0 Å². The third-order valence-corrected chi connectivity index (χ3v) is 2.02. The van der Waals surface area contributed by atoms with Gasteiger partial charge in [0.25, 0.3) is 0 Å². The summed E-state index contributed by atoms with van der Waals surface area (Å²) in [5.74, 6) is 0. The molecule has 0 spiro atoms. The van der Waals surface area contributed by atoms with Crippen LogP contribution in [0.15, 0.2) is 30.6 Å². The van der Waals surface area contributed by atoms with Gasteiger partial charge < -0.3 is 0 Å². The van der Waals surface area contributed by atoms with Crippen molar-refractivity contribution in [3.63, 3.8) is 0 Å². The average Bonchev–Trinajstić information content (AvgIpc) is 2.19. The summed E-state index contributed by atoms with van der Waals surface area (Å²) >= 11 is 11.4. The van der Waals surface area contributed by atoms with E-state index in [9.17, 15) is 0 Å². The second kappa shape index (κ2) is 3.90. The van der Waals surface area contributed by atoms with E-state index in [4.69, 9.17) is 23.2 Å². The van der Waals surface area contributed by atoms with Crippen molar-refractivity contribution >= 4 is 23.2 Å².